The van der Waals surface area contributed by atoms with Crippen LogP contribution in [0.3, 0.4) is 0 Å². The van der Waals surface area contributed by atoms with Crippen LogP contribution in [0, 0.1) is 0 Å². The van der Waals surface area contributed by atoms with E-state index in [0.29, 0.717) is 31.4 Å². The summed E-state index contributed by atoms with van der Waals surface area (Å²) >= 11 is 0. The van der Waals surface area contributed by atoms with Crippen LogP contribution in [0.25, 0.3) is 10.9 Å². The fraction of sp³-hybridized carbons (Fsp3) is 0.609. The molecule has 1 saturated heterocycles. The standard InChI is InChI=1S/C23H32N4O4/c1-15(2)27-19-9-5-4-8-18(19)20(25-27)21(28)24-16-12-17(26(14-16)22(29)30)13-23(31)10-6-3-7-11-23/h4-5,8-9,15-17,31H,3,6-7,10-14H2,1-2H3,(H,24,28)(H,29,30)/t16-,17-/m0/s1. The highest BCUT2D eigenvalue weighted by atomic mass is 16.4. The van der Waals surface area contributed by atoms with Crippen molar-refractivity contribution in [3.05, 3.63) is 30.0 Å². The molecule has 2 fully saturated rings. The number of nitrogens with zero attached hydrogens (tertiary/aromatic N) is 3. The monoisotopic (exact) mass is 428 g/mol. The lowest BCUT2D eigenvalue weighted by molar-refractivity contribution is -0.0202. The minimum Gasteiger partial charge on any atom is -0.465 e. The molecule has 0 spiro atoms. The highest BCUT2D eigenvalue weighted by Gasteiger charge is 2.41. The first-order valence-electron chi connectivity index (χ1n) is 11.3. The zero-order valence-corrected chi connectivity index (χ0v) is 18.3. The first-order chi connectivity index (χ1) is 14.8. The molecule has 2 heterocycles. The van der Waals surface area contributed by atoms with Crippen molar-refractivity contribution in [2.24, 2.45) is 0 Å². The summed E-state index contributed by atoms with van der Waals surface area (Å²) in [6.45, 7) is 4.26. The number of carbonyl (C=O) groups excluding carboxylic acids is 1. The van der Waals surface area contributed by atoms with E-state index in [0.717, 1.165) is 30.2 Å². The second-order valence-corrected chi connectivity index (χ2v) is 9.39. The predicted molar refractivity (Wildman–Crippen MR) is 117 cm³/mol. The Hall–Kier alpha value is -2.61. The molecule has 1 aromatic heterocycles. The minimum atomic E-state index is -1.00. The van der Waals surface area contributed by atoms with E-state index in [9.17, 15) is 19.8 Å². The highest BCUT2D eigenvalue weighted by Crippen LogP contribution is 2.35. The van der Waals surface area contributed by atoms with Crippen molar-refractivity contribution >= 4 is 22.9 Å². The molecule has 168 valence electrons. The maximum absolute atomic E-state index is 13.1. The molecule has 8 heteroatoms. The van der Waals surface area contributed by atoms with Crippen LogP contribution in [0.1, 0.15) is 75.3 Å². The number of carboxylic acid groups (broad SMARTS) is 1. The van der Waals surface area contributed by atoms with E-state index in [1.807, 2.05) is 42.8 Å². The average Bonchev–Trinajstić information content (AvgIpc) is 3.29. The molecule has 2 aliphatic rings. The molecular weight excluding hydrogens is 396 g/mol. The lowest BCUT2D eigenvalue weighted by Gasteiger charge is -2.36. The number of hydrogen-bond donors (Lipinski definition) is 3. The smallest absolute Gasteiger partial charge is 0.407 e. The van der Waals surface area contributed by atoms with Crippen LogP contribution in [0.2, 0.25) is 0 Å². The van der Waals surface area contributed by atoms with Crippen molar-refractivity contribution in [2.75, 3.05) is 6.54 Å². The third-order valence-corrected chi connectivity index (χ3v) is 6.71. The number of para-hydroxylation sites is 1. The number of likely N-dealkylation sites (tertiary alicyclic amines) is 1. The van der Waals surface area contributed by atoms with Gasteiger partial charge in [0.1, 0.15) is 0 Å². The summed E-state index contributed by atoms with van der Waals surface area (Å²) in [5.41, 5.74) is 0.459. The molecule has 31 heavy (non-hydrogen) atoms. The number of rotatable bonds is 5. The lowest BCUT2D eigenvalue weighted by atomic mass is 9.80. The van der Waals surface area contributed by atoms with Crippen LogP contribution in [-0.4, -0.2) is 61.1 Å². The molecule has 1 aliphatic heterocycles. The minimum absolute atomic E-state index is 0.112. The van der Waals surface area contributed by atoms with Gasteiger partial charge in [0.05, 0.1) is 11.1 Å². The third kappa shape index (κ3) is 4.39. The molecular formula is C23H32N4O4. The fourth-order valence-corrected chi connectivity index (χ4v) is 5.21. The molecule has 0 bridgehead atoms. The zero-order chi connectivity index (χ0) is 22.2. The zero-order valence-electron chi connectivity index (χ0n) is 18.3. The Morgan fingerprint density at radius 3 is 2.61 bits per heavy atom. The van der Waals surface area contributed by atoms with Gasteiger partial charge >= 0.3 is 6.09 Å². The van der Waals surface area contributed by atoms with Crippen molar-refractivity contribution < 1.29 is 19.8 Å². The number of hydrogen-bond acceptors (Lipinski definition) is 4. The van der Waals surface area contributed by atoms with Gasteiger partial charge in [-0.3, -0.25) is 9.48 Å². The maximum atomic E-state index is 13.1. The van der Waals surface area contributed by atoms with Gasteiger partial charge in [-0.1, -0.05) is 37.5 Å². The van der Waals surface area contributed by atoms with E-state index in [1.165, 1.54) is 4.90 Å². The van der Waals surface area contributed by atoms with Crippen molar-refractivity contribution in [3.8, 4) is 0 Å². The normalized spacial score (nSPS) is 23.4. The Balaban J connectivity index is 1.50. The lowest BCUT2D eigenvalue weighted by Crippen LogP contribution is -2.42. The quantitative estimate of drug-likeness (QED) is 0.675. The largest absolute Gasteiger partial charge is 0.465 e. The summed E-state index contributed by atoms with van der Waals surface area (Å²) in [6, 6.07) is 7.15. The van der Waals surface area contributed by atoms with Crippen LogP contribution in [0.15, 0.2) is 24.3 Å². The van der Waals surface area contributed by atoms with E-state index in [1.54, 1.807) is 0 Å². The number of amides is 2. The van der Waals surface area contributed by atoms with Gasteiger partial charge in [-0.15, -0.1) is 0 Å². The summed E-state index contributed by atoms with van der Waals surface area (Å²) in [5, 5.41) is 29.0. The van der Waals surface area contributed by atoms with Gasteiger partial charge in [-0.05, 0) is 45.6 Å². The maximum Gasteiger partial charge on any atom is 0.407 e. The Bertz CT molecular complexity index is 964. The van der Waals surface area contributed by atoms with Gasteiger partial charge in [0.25, 0.3) is 5.91 Å². The molecule has 1 saturated carbocycles. The second kappa shape index (κ2) is 8.49. The number of nitrogens with one attached hydrogen (secondary N) is 1. The van der Waals surface area contributed by atoms with E-state index in [2.05, 4.69) is 10.4 Å². The highest BCUT2D eigenvalue weighted by molar-refractivity contribution is 6.05. The van der Waals surface area contributed by atoms with Gasteiger partial charge in [-0.2, -0.15) is 5.10 Å². The fourth-order valence-electron chi connectivity index (χ4n) is 5.21. The van der Waals surface area contributed by atoms with Crippen LogP contribution < -0.4 is 5.32 Å². The molecule has 1 aromatic carbocycles. The SMILES string of the molecule is CC(C)n1nc(C(=O)N[C@H]2C[C@@H](CC3(O)CCCCC3)N(C(=O)O)C2)c2ccccc21. The van der Waals surface area contributed by atoms with Gasteiger partial charge < -0.3 is 20.4 Å². The number of aromatic nitrogens is 2. The molecule has 4 rings (SSSR count). The summed E-state index contributed by atoms with van der Waals surface area (Å²) in [5.74, 6) is -0.289. The van der Waals surface area contributed by atoms with Crippen molar-refractivity contribution in [1.82, 2.24) is 20.0 Å². The van der Waals surface area contributed by atoms with E-state index in [-0.39, 0.29) is 30.6 Å². The van der Waals surface area contributed by atoms with Gasteiger partial charge in [0.2, 0.25) is 0 Å². The molecule has 0 unspecified atom stereocenters. The molecule has 2 atom stereocenters. The summed E-state index contributed by atoms with van der Waals surface area (Å²) < 4.78 is 1.84. The molecule has 2 aromatic rings. The van der Waals surface area contributed by atoms with Gasteiger partial charge in [0.15, 0.2) is 5.69 Å². The van der Waals surface area contributed by atoms with Crippen molar-refractivity contribution in [3.63, 3.8) is 0 Å². The van der Waals surface area contributed by atoms with Gasteiger partial charge in [0, 0.05) is 30.1 Å². The molecule has 0 radical (unpaired) electrons. The number of aliphatic hydroxyl groups is 1. The van der Waals surface area contributed by atoms with Crippen LogP contribution >= 0.6 is 0 Å². The van der Waals surface area contributed by atoms with Gasteiger partial charge in [-0.25, -0.2) is 4.79 Å². The van der Waals surface area contributed by atoms with Crippen LogP contribution in [-0.2, 0) is 0 Å². The molecule has 8 nitrogen and oxygen atoms in total. The van der Waals surface area contributed by atoms with Crippen LogP contribution in [0.4, 0.5) is 4.79 Å². The number of carbonyl (C=O) groups is 2. The Morgan fingerprint density at radius 2 is 1.94 bits per heavy atom. The van der Waals surface area contributed by atoms with E-state index >= 15 is 0 Å². The van der Waals surface area contributed by atoms with E-state index < -0.39 is 11.7 Å². The second-order valence-electron chi connectivity index (χ2n) is 9.39. The molecule has 2 amide bonds. The van der Waals surface area contributed by atoms with Crippen molar-refractivity contribution in [1.29, 1.82) is 0 Å². The molecule has 1 aliphatic carbocycles. The summed E-state index contributed by atoms with van der Waals surface area (Å²) in [6.07, 6.45) is 4.42. The topological polar surface area (TPSA) is 108 Å². The Kier molecular flexibility index (Phi) is 5.92. The first kappa shape index (κ1) is 21.6. The Labute approximate surface area is 182 Å². The third-order valence-electron chi connectivity index (χ3n) is 6.71. The number of benzene rings is 1. The summed E-state index contributed by atoms with van der Waals surface area (Å²) in [4.78, 5) is 26.3. The average molecular weight is 429 g/mol. The van der Waals surface area contributed by atoms with Crippen molar-refractivity contribution in [2.45, 2.75) is 82.5 Å². The predicted octanol–water partition coefficient (Wildman–Crippen LogP) is 3.55. The summed E-state index contributed by atoms with van der Waals surface area (Å²) in [7, 11) is 0. The van der Waals surface area contributed by atoms with E-state index in [4.69, 9.17) is 0 Å². The first-order valence-corrected chi connectivity index (χ1v) is 11.3. The van der Waals surface area contributed by atoms with Crippen LogP contribution in [0.5, 0.6) is 0 Å². The Morgan fingerprint density at radius 1 is 1.23 bits per heavy atom. The number of fused-ring (bicyclic) bond motifs is 1. The molecule has 3 N–H and O–H groups in total.